The zero-order valence-electron chi connectivity index (χ0n) is 15.6. The lowest BCUT2D eigenvalue weighted by Crippen LogP contribution is -2.20. The van der Waals surface area contributed by atoms with Gasteiger partial charge in [0.15, 0.2) is 0 Å². The molecule has 0 atom stereocenters. The average molecular weight is 395 g/mol. The number of halogens is 1. The summed E-state index contributed by atoms with van der Waals surface area (Å²) in [6.07, 6.45) is 1.85. The highest BCUT2D eigenvalue weighted by molar-refractivity contribution is 6.30. The third-order valence-corrected chi connectivity index (χ3v) is 4.77. The van der Waals surface area contributed by atoms with Crippen molar-refractivity contribution in [1.29, 1.82) is 0 Å². The third-order valence-electron chi connectivity index (χ3n) is 4.52. The van der Waals surface area contributed by atoms with Crippen molar-refractivity contribution in [2.45, 2.75) is 13.5 Å². The molecule has 7 nitrogen and oxygen atoms in total. The molecule has 0 saturated heterocycles. The minimum absolute atomic E-state index is 0.350. The van der Waals surface area contributed by atoms with Gasteiger partial charge in [0.1, 0.15) is 12.4 Å². The van der Waals surface area contributed by atoms with E-state index in [2.05, 4.69) is 22.1 Å². The van der Waals surface area contributed by atoms with Gasteiger partial charge in [-0.25, -0.2) is 9.69 Å². The second-order valence-electron chi connectivity index (χ2n) is 6.37. The normalized spacial score (nSPS) is 13.5. The van der Waals surface area contributed by atoms with Gasteiger partial charge in [-0.15, -0.1) is 5.10 Å². The molecule has 0 bridgehead atoms. The van der Waals surface area contributed by atoms with Crippen LogP contribution in [0.25, 0.3) is 5.69 Å². The Kier molecular flexibility index (Phi) is 4.75. The van der Waals surface area contributed by atoms with Crippen molar-refractivity contribution >= 4 is 17.3 Å². The molecule has 0 radical (unpaired) electrons. The second-order valence-corrected chi connectivity index (χ2v) is 6.80. The van der Waals surface area contributed by atoms with Gasteiger partial charge in [0.25, 0.3) is 0 Å². The summed E-state index contributed by atoms with van der Waals surface area (Å²) in [5, 5.41) is 16.7. The van der Waals surface area contributed by atoms with Crippen molar-refractivity contribution in [2.24, 2.45) is 10.4 Å². The maximum Gasteiger partial charge on any atom is 0.233 e. The van der Waals surface area contributed by atoms with Crippen LogP contribution < -0.4 is 9.75 Å². The maximum absolute atomic E-state index is 5.96. The monoisotopic (exact) mass is 394 g/mol. The molecule has 0 saturated carbocycles. The predicted molar refractivity (Wildman–Crippen MR) is 108 cm³/mol. The Morgan fingerprint density at radius 3 is 2.57 bits per heavy atom. The lowest BCUT2D eigenvalue weighted by Gasteiger charge is -2.20. The number of hydrogen-bond acceptors (Lipinski definition) is 6. The molecule has 3 aromatic rings. The molecule has 2 aromatic carbocycles. The smallest absolute Gasteiger partial charge is 0.233 e. The van der Waals surface area contributed by atoms with Crippen molar-refractivity contribution < 1.29 is 4.74 Å². The topological polar surface area (TPSA) is 58.3 Å². The minimum Gasteiger partial charge on any atom is -0.472 e. The zero-order valence-corrected chi connectivity index (χ0v) is 16.3. The third kappa shape index (κ3) is 3.44. The van der Waals surface area contributed by atoms with Crippen LogP contribution in [0.15, 0.2) is 77.6 Å². The molecule has 0 amide bonds. The minimum atomic E-state index is 0.350. The molecule has 0 aliphatic carbocycles. The lowest BCUT2D eigenvalue weighted by molar-refractivity contribution is 0.291. The van der Waals surface area contributed by atoms with Crippen molar-refractivity contribution in [3.05, 3.63) is 83.3 Å². The molecule has 1 aliphatic heterocycles. The van der Waals surface area contributed by atoms with E-state index in [9.17, 15) is 0 Å². The molecule has 8 heteroatoms. The first-order chi connectivity index (χ1) is 13.5. The van der Waals surface area contributed by atoms with Crippen LogP contribution >= 0.6 is 11.6 Å². The van der Waals surface area contributed by atoms with E-state index in [4.69, 9.17) is 16.3 Å². The van der Waals surface area contributed by atoms with Crippen molar-refractivity contribution in [2.75, 3.05) is 12.1 Å². The summed E-state index contributed by atoms with van der Waals surface area (Å²) in [7, 11) is 1.81. The van der Waals surface area contributed by atoms with Crippen molar-refractivity contribution in [3.8, 4) is 11.6 Å². The van der Waals surface area contributed by atoms with Gasteiger partial charge in [-0.1, -0.05) is 30.3 Å². The van der Waals surface area contributed by atoms with Gasteiger partial charge in [0.05, 0.1) is 11.4 Å². The first-order valence-electron chi connectivity index (χ1n) is 8.70. The molecule has 142 valence electrons. The molecular weight excluding hydrogens is 376 g/mol. The van der Waals surface area contributed by atoms with Crippen molar-refractivity contribution in [1.82, 2.24) is 14.8 Å². The highest BCUT2D eigenvalue weighted by Crippen LogP contribution is 2.31. The molecule has 0 spiro atoms. The van der Waals surface area contributed by atoms with E-state index in [1.165, 1.54) is 0 Å². The summed E-state index contributed by atoms with van der Waals surface area (Å²) in [5.74, 6) is 1.21. The number of nitrogens with zero attached hydrogens (tertiary/aromatic N) is 6. The van der Waals surface area contributed by atoms with Gasteiger partial charge < -0.3 is 4.74 Å². The molecule has 2 heterocycles. The standard InChI is InChI=1S/C20H19ClN6O/c1-14-5-4-6-19(27-15(2)25(3)23-24-27)18(14)13-28-20-11-12-26(22-20)17-9-7-16(21)8-10-17/h4-12H,2,13H2,1,3H3. The summed E-state index contributed by atoms with van der Waals surface area (Å²) in [4.78, 5) is 0. The predicted octanol–water partition coefficient (Wildman–Crippen LogP) is 4.92. The van der Waals surface area contributed by atoms with Gasteiger partial charge in [-0.05, 0) is 53.3 Å². The fraction of sp³-hybridized carbons (Fsp3) is 0.150. The zero-order chi connectivity index (χ0) is 19.7. The maximum atomic E-state index is 5.96. The van der Waals surface area contributed by atoms with Gasteiger partial charge in [-0.2, -0.15) is 5.01 Å². The SMILES string of the molecule is C=C1N(C)N=NN1c1cccc(C)c1COc1ccn(-c2ccc(Cl)cc2)n1. The molecular formula is C20H19ClN6O. The van der Waals surface area contributed by atoms with Crippen molar-refractivity contribution in [3.63, 3.8) is 0 Å². The van der Waals surface area contributed by atoms with Crippen LogP contribution in [0.5, 0.6) is 5.88 Å². The summed E-state index contributed by atoms with van der Waals surface area (Å²) in [6, 6.07) is 15.3. The summed E-state index contributed by atoms with van der Waals surface area (Å²) in [5.41, 5.74) is 3.88. The molecule has 1 aromatic heterocycles. The van der Waals surface area contributed by atoms with Crippen LogP contribution in [0.4, 0.5) is 5.69 Å². The summed E-state index contributed by atoms with van der Waals surface area (Å²) < 4.78 is 7.71. The van der Waals surface area contributed by atoms with Gasteiger partial charge in [0, 0.05) is 29.9 Å². The Morgan fingerprint density at radius 1 is 1.07 bits per heavy atom. The number of anilines is 1. The Morgan fingerprint density at radius 2 is 1.86 bits per heavy atom. The molecule has 1 aliphatic rings. The van der Waals surface area contributed by atoms with Crippen LogP contribution in [0.2, 0.25) is 5.02 Å². The highest BCUT2D eigenvalue weighted by atomic mass is 35.5. The van der Waals surface area contributed by atoms with Gasteiger partial charge in [0.2, 0.25) is 5.88 Å². The number of hydrogen-bond donors (Lipinski definition) is 0. The number of benzene rings is 2. The average Bonchev–Trinajstić information content (AvgIpc) is 3.29. The van der Waals surface area contributed by atoms with E-state index in [1.54, 1.807) is 21.7 Å². The molecule has 0 N–H and O–H groups in total. The number of rotatable bonds is 5. The van der Waals surface area contributed by atoms with Crippen LogP contribution in [0.1, 0.15) is 11.1 Å². The molecule has 0 fully saturated rings. The van der Waals surface area contributed by atoms with E-state index in [-0.39, 0.29) is 0 Å². The van der Waals surface area contributed by atoms with Crippen LogP contribution in [-0.4, -0.2) is 21.8 Å². The fourth-order valence-electron chi connectivity index (χ4n) is 2.87. The van der Waals surface area contributed by atoms with E-state index in [0.29, 0.717) is 23.3 Å². The van der Waals surface area contributed by atoms with Gasteiger partial charge >= 0.3 is 0 Å². The number of aryl methyl sites for hydroxylation is 1. The largest absolute Gasteiger partial charge is 0.472 e. The Balaban J connectivity index is 1.54. The molecule has 4 rings (SSSR count). The Labute approximate surface area is 168 Å². The van der Waals surface area contributed by atoms with Crippen LogP contribution in [-0.2, 0) is 6.61 Å². The van der Waals surface area contributed by atoms with Gasteiger partial charge in [-0.3, -0.25) is 0 Å². The Hall–Kier alpha value is -3.32. The summed E-state index contributed by atoms with van der Waals surface area (Å²) >= 11 is 5.94. The first-order valence-corrected chi connectivity index (χ1v) is 9.08. The Bertz CT molecular complexity index is 1040. The summed E-state index contributed by atoms with van der Waals surface area (Å²) in [6.45, 7) is 6.41. The number of aromatic nitrogens is 2. The lowest BCUT2D eigenvalue weighted by atomic mass is 10.1. The van der Waals surface area contributed by atoms with E-state index < -0.39 is 0 Å². The second kappa shape index (κ2) is 7.36. The first kappa shape index (κ1) is 18.1. The highest BCUT2D eigenvalue weighted by Gasteiger charge is 2.23. The van der Waals surface area contributed by atoms with E-state index in [0.717, 1.165) is 22.5 Å². The van der Waals surface area contributed by atoms with E-state index in [1.807, 2.05) is 61.7 Å². The molecule has 0 unspecified atom stereocenters. The fourth-order valence-corrected chi connectivity index (χ4v) is 2.99. The van der Waals surface area contributed by atoms with E-state index >= 15 is 0 Å². The van der Waals surface area contributed by atoms with Crippen LogP contribution in [0.3, 0.4) is 0 Å². The quantitative estimate of drug-likeness (QED) is 0.616. The van der Waals surface area contributed by atoms with Crippen LogP contribution in [0, 0.1) is 6.92 Å². The number of ether oxygens (including phenoxy) is 1. The molecule has 28 heavy (non-hydrogen) atoms.